The highest BCUT2D eigenvalue weighted by atomic mass is 15.3. The average molecular weight is 317 g/mol. The van der Waals surface area contributed by atoms with Crippen molar-refractivity contribution in [1.82, 2.24) is 24.6 Å². The summed E-state index contributed by atoms with van der Waals surface area (Å²) >= 11 is 0. The number of benzene rings is 1. The van der Waals surface area contributed by atoms with E-state index < -0.39 is 0 Å². The Labute approximate surface area is 138 Å². The van der Waals surface area contributed by atoms with Crippen LogP contribution in [0.4, 0.5) is 17.3 Å². The minimum absolute atomic E-state index is 0.387. The quantitative estimate of drug-likeness (QED) is 0.603. The monoisotopic (exact) mass is 317 g/mol. The van der Waals surface area contributed by atoms with E-state index in [1.165, 1.54) is 6.33 Å². The van der Waals surface area contributed by atoms with Crippen LogP contribution in [0.1, 0.15) is 5.56 Å². The van der Waals surface area contributed by atoms with Crippen molar-refractivity contribution in [2.45, 2.75) is 6.92 Å². The molecule has 0 bridgehead atoms. The molecule has 24 heavy (non-hydrogen) atoms. The fourth-order valence-corrected chi connectivity index (χ4v) is 2.52. The van der Waals surface area contributed by atoms with Gasteiger partial charge in [-0.05, 0) is 24.6 Å². The molecule has 1 aromatic carbocycles. The lowest BCUT2D eigenvalue weighted by atomic mass is 10.2. The predicted octanol–water partition coefficient (Wildman–Crippen LogP) is 2.82. The van der Waals surface area contributed by atoms with Crippen LogP contribution >= 0.6 is 0 Å². The third kappa shape index (κ3) is 2.52. The van der Waals surface area contributed by atoms with Crippen molar-refractivity contribution >= 4 is 23.0 Å². The highest BCUT2D eigenvalue weighted by Crippen LogP contribution is 2.29. The predicted molar refractivity (Wildman–Crippen MR) is 92.9 cm³/mol. The fraction of sp³-hybridized carbons (Fsp3) is 0.0588. The summed E-state index contributed by atoms with van der Waals surface area (Å²) in [6.45, 7) is 1.95. The molecule has 0 amide bonds. The zero-order valence-corrected chi connectivity index (χ0v) is 13.0. The third-order valence-corrected chi connectivity index (χ3v) is 3.60. The summed E-state index contributed by atoms with van der Waals surface area (Å²) in [5.41, 5.74) is 10.1. The van der Waals surface area contributed by atoms with Crippen molar-refractivity contribution in [3.8, 4) is 11.3 Å². The molecule has 0 aliphatic heterocycles. The fourth-order valence-electron chi connectivity index (χ4n) is 2.52. The van der Waals surface area contributed by atoms with E-state index in [4.69, 9.17) is 5.73 Å². The molecule has 0 radical (unpaired) electrons. The Bertz CT molecular complexity index is 1010. The number of fused-ring (bicyclic) bond motifs is 1. The molecular weight excluding hydrogens is 302 g/mol. The maximum atomic E-state index is 6.09. The Balaban J connectivity index is 1.78. The van der Waals surface area contributed by atoms with Crippen molar-refractivity contribution in [1.29, 1.82) is 0 Å². The maximum absolute atomic E-state index is 6.09. The van der Waals surface area contributed by atoms with E-state index in [0.717, 1.165) is 11.3 Å². The number of aromatic nitrogens is 5. The molecule has 0 atom stereocenters. The van der Waals surface area contributed by atoms with Crippen molar-refractivity contribution in [2.24, 2.45) is 0 Å². The van der Waals surface area contributed by atoms with Crippen molar-refractivity contribution in [3.05, 3.63) is 60.7 Å². The summed E-state index contributed by atoms with van der Waals surface area (Å²) in [5.74, 6) is 1.06. The van der Waals surface area contributed by atoms with Gasteiger partial charge in [0.25, 0.3) is 0 Å². The van der Waals surface area contributed by atoms with E-state index in [-0.39, 0.29) is 0 Å². The van der Waals surface area contributed by atoms with E-state index in [0.29, 0.717) is 28.5 Å². The van der Waals surface area contributed by atoms with Gasteiger partial charge in [-0.15, -0.1) is 5.10 Å². The maximum Gasteiger partial charge on any atom is 0.166 e. The van der Waals surface area contributed by atoms with E-state index in [2.05, 4.69) is 25.4 Å². The van der Waals surface area contributed by atoms with Crippen molar-refractivity contribution < 1.29 is 0 Å². The smallest absolute Gasteiger partial charge is 0.166 e. The number of hydrogen-bond acceptors (Lipinski definition) is 6. The van der Waals surface area contributed by atoms with Crippen LogP contribution in [0.25, 0.3) is 16.9 Å². The summed E-state index contributed by atoms with van der Waals surface area (Å²) in [6.07, 6.45) is 5.16. The SMILES string of the molecule is Cc1cnc2c(-c3cc(Nc4ccccc4)ncn3)c(N)nn2c1. The van der Waals surface area contributed by atoms with Gasteiger partial charge >= 0.3 is 0 Å². The molecule has 3 aromatic heterocycles. The number of para-hydroxylation sites is 1. The van der Waals surface area contributed by atoms with Crippen LogP contribution in [0.2, 0.25) is 0 Å². The number of nitrogens with two attached hydrogens (primary N) is 1. The summed E-state index contributed by atoms with van der Waals surface area (Å²) in [6, 6.07) is 11.7. The zero-order valence-electron chi connectivity index (χ0n) is 13.0. The Hall–Kier alpha value is -3.48. The molecular formula is C17H15N7. The van der Waals surface area contributed by atoms with E-state index in [1.54, 1.807) is 10.7 Å². The second kappa shape index (κ2) is 5.62. The number of nitrogens with one attached hydrogen (secondary N) is 1. The van der Waals surface area contributed by atoms with Crippen LogP contribution in [-0.4, -0.2) is 24.6 Å². The van der Waals surface area contributed by atoms with Crippen LogP contribution in [0.3, 0.4) is 0 Å². The van der Waals surface area contributed by atoms with Crippen molar-refractivity contribution in [2.75, 3.05) is 11.1 Å². The normalized spacial score (nSPS) is 10.9. The molecule has 3 N–H and O–H groups in total. The van der Waals surface area contributed by atoms with E-state index in [9.17, 15) is 0 Å². The highest BCUT2D eigenvalue weighted by molar-refractivity contribution is 5.85. The molecule has 0 unspecified atom stereocenters. The van der Waals surface area contributed by atoms with Gasteiger partial charge in [0, 0.05) is 24.1 Å². The summed E-state index contributed by atoms with van der Waals surface area (Å²) in [5, 5.41) is 7.56. The molecule has 0 fully saturated rings. The van der Waals surface area contributed by atoms with Gasteiger partial charge in [-0.3, -0.25) is 0 Å². The molecule has 0 aliphatic carbocycles. The third-order valence-electron chi connectivity index (χ3n) is 3.60. The molecule has 7 nitrogen and oxygen atoms in total. The highest BCUT2D eigenvalue weighted by Gasteiger charge is 2.15. The minimum atomic E-state index is 0.387. The van der Waals surface area contributed by atoms with Gasteiger partial charge in [0.1, 0.15) is 12.1 Å². The van der Waals surface area contributed by atoms with Crippen LogP contribution in [0, 0.1) is 6.92 Å². The molecule has 0 saturated heterocycles. The first kappa shape index (κ1) is 14.1. The van der Waals surface area contributed by atoms with Crippen LogP contribution < -0.4 is 11.1 Å². The Kier molecular flexibility index (Phi) is 3.31. The Morgan fingerprint density at radius 3 is 2.75 bits per heavy atom. The van der Waals surface area contributed by atoms with Gasteiger partial charge in [-0.2, -0.15) is 0 Å². The molecule has 4 rings (SSSR count). The van der Waals surface area contributed by atoms with Gasteiger partial charge in [-0.1, -0.05) is 18.2 Å². The lowest BCUT2D eigenvalue weighted by molar-refractivity contribution is 0.933. The number of rotatable bonds is 3. The van der Waals surface area contributed by atoms with Crippen LogP contribution in [0.15, 0.2) is 55.1 Å². The number of nitrogen functional groups attached to an aromatic ring is 1. The van der Waals surface area contributed by atoms with Gasteiger partial charge in [0.15, 0.2) is 11.5 Å². The summed E-state index contributed by atoms with van der Waals surface area (Å²) in [7, 11) is 0. The minimum Gasteiger partial charge on any atom is -0.382 e. The first-order valence-electron chi connectivity index (χ1n) is 7.45. The second-order valence-electron chi connectivity index (χ2n) is 5.44. The number of anilines is 3. The topological polar surface area (TPSA) is 94.0 Å². The molecule has 4 aromatic rings. The van der Waals surface area contributed by atoms with Crippen molar-refractivity contribution in [3.63, 3.8) is 0 Å². The molecule has 0 aliphatic rings. The second-order valence-corrected chi connectivity index (χ2v) is 5.44. The van der Waals surface area contributed by atoms with Crippen LogP contribution in [-0.2, 0) is 0 Å². The number of aryl methyl sites for hydroxylation is 1. The first-order valence-corrected chi connectivity index (χ1v) is 7.45. The first-order chi connectivity index (χ1) is 11.7. The standard InChI is InChI=1S/C17H15N7/c1-11-8-19-17-15(16(18)23-24(17)9-11)13-7-14(21-10-20-13)22-12-5-3-2-4-6-12/h2-10H,1H3,(H2,18,23)(H,20,21,22). The molecule has 3 heterocycles. The number of hydrogen-bond donors (Lipinski definition) is 2. The van der Waals surface area contributed by atoms with Gasteiger partial charge in [0.2, 0.25) is 0 Å². The van der Waals surface area contributed by atoms with E-state index in [1.807, 2.05) is 49.5 Å². The molecule has 7 heteroatoms. The average Bonchev–Trinajstić information content (AvgIpc) is 2.91. The molecule has 118 valence electrons. The molecule has 0 spiro atoms. The van der Waals surface area contributed by atoms with Gasteiger partial charge < -0.3 is 11.1 Å². The Morgan fingerprint density at radius 1 is 1.08 bits per heavy atom. The van der Waals surface area contributed by atoms with Crippen LogP contribution in [0.5, 0.6) is 0 Å². The van der Waals surface area contributed by atoms with E-state index >= 15 is 0 Å². The zero-order chi connectivity index (χ0) is 16.5. The largest absolute Gasteiger partial charge is 0.382 e. The summed E-state index contributed by atoms with van der Waals surface area (Å²) in [4.78, 5) is 13.0. The molecule has 0 saturated carbocycles. The lowest BCUT2D eigenvalue weighted by Crippen LogP contribution is -1.96. The number of nitrogens with zero attached hydrogens (tertiary/aromatic N) is 5. The van der Waals surface area contributed by atoms with Gasteiger partial charge in [-0.25, -0.2) is 19.5 Å². The van der Waals surface area contributed by atoms with Gasteiger partial charge in [0.05, 0.1) is 11.3 Å². The lowest BCUT2D eigenvalue weighted by Gasteiger charge is -2.06. The Morgan fingerprint density at radius 2 is 1.92 bits per heavy atom. The summed E-state index contributed by atoms with van der Waals surface area (Å²) < 4.78 is 1.67.